The van der Waals surface area contributed by atoms with Gasteiger partial charge in [-0.3, -0.25) is 0 Å². The van der Waals surface area contributed by atoms with Crippen LogP contribution in [0.3, 0.4) is 0 Å². The first kappa shape index (κ1) is 8.52. The van der Waals surface area contributed by atoms with Gasteiger partial charge in [-0.05, 0) is 38.8 Å². The summed E-state index contributed by atoms with van der Waals surface area (Å²) in [6.45, 7) is 2.62. The van der Waals surface area contributed by atoms with E-state index in [0.717, 1.165) is 17.9 Å². The molecule has 1 aliphatic carbocycles. The van der Waals surface area contributed by atoms with Crippen LogP contribution in [0.25, 0.3) is 0 Å². The molecule has 1 aliphatic heterocycles. The lowest BCUT2D eigenvalue weighted by molar-refractivity contribution is 0.0664. The quantitative estimate of drug-likeness (QED) is 0.627. The Balaban J connectivity index is 2.06. The van der Waals surface area contributed by atoms with Crippen LogP contribution in [0.2, 0.25) is 0 Å². The summed E-state index contributed by atoms with van der Waals surface area (Å²) in [6.07, 6.45) is 4.33. The Labute approximate surface area is 75.3 Å². The third-order valence-electron chi connectivity index (χ3n) is 3.59. The van der Waals surface area contributed by atoms with Crippen LogP contribution in [-0.2, 0) is 0 Å². The molecule has 0 aromatic rings. The molecule has 0 amide bonds. The Morgan fingerprint density at radius 1 is 1.17 bits per heavy atom. The van der Waals surface area contributed by atoms with Crippen molar-refractivity contribution in [3.63, 3.8) is 0 Å². The van der Waals surface area contributed by atoms with E-state index in [1.54, 1.807) is 0 Å². The van der Waals surface area contributed by atoms with Crippen LogP contribution in [-0.4, -0.2) is 38.1 Å². The predicted molar refractivity (Wildman–Crippen MR) is 51.2 cm³/mol. The van der Waals surface area contributed by atoms with Crippen LogP contribution in [0, 0.1) is 11.8 Å². The minimum absolute atomic E-state index is 0.815. The van der Waals surface area contributed by atoms with Gasteiger partial charge in [-0.15, -0.1) is 0 Å². The van der Waals surface area contributed by atoms with E-state index in [1.165, 1.54) is 32.4 Å². The minimum Gasteiger partial charge on any atom is -0.316 e. The van der Waals surface area contributed by atoms with Crippen LogP contribution in [0.15, 0.2) is 0 Å². The van der Waals surface area contributed by atoms with Crippen LogP contribution in [0.4, 0.5) is 0 Å². The highest BCUT2D eigenvalue weighted by Gasteiger charge is 2.36. The lowest BCUT2D eigenvalue weighted by Crippen LogP contribution is -2.55. The summed E-state index contributed by atoms with van der Waals surface area (Å²) in [4.78, 5) is 2.50. The van der Waals surface area contributed by atoms with Crippen LogP contribution >= 0.6 is 0 Å². The first-order valence-corrected chi connectivity index (χ1v) is 5.17. The summed E-state index contributed by atoms with van der Waals surface area (Å²) >= 11 is 0. The Morgan fingerprint density at radius 3 is 2.25 bits per heavy atom. The molecule has 70 valence electrons. The number of rotatable bonds is 1. The van der Waals surface area contributed by atoms with Gasteiger partial charge in [0.15, 0.2) is 0 Å². The van der Waals surface area contributed by atoms with Crippen molar-refractivity contribution in [1.82, 2.24) is 10.2 Å². The second-order valence-electron chi connectivity index (χ2n) is 4.49. The number of fused-ring (bicyclic) bond motifs is 2. The Hall–Kier alpha value is -0.0800. The van der Waals surface area contributed by atoms with Gasteiger partial charge in [0.1, 0.15) is 0 Å². The Kier molecular flexibility index (Phi) is 2.37. The van der Waals surface area contributed by atoms with Gasteiger partial charge in [0.05, 0.1) is 0 Å². The smallest absolute Gasteiger partial charge is 0.0145 e. The summed E-state index contributed by atoms with van der Waals surface area (Å²) in [5.41, 5.74) is 0. The first-order chi connectivity index (χ1) is 5.81. The van der Waals surface area contributed by atoms with Crippen molar-refractivity contribution >= 4 is 0 Å². The molecule has 0 spiro atoms. The van der Waals surface area contributed by atoms with Crippen molar-refractivity contribution in [3.05, 3.63) is 0 Å². The summed E-state index contributed by atoms with van der Waals surface area (Å²) in [5.74, 6) is 1.85. The minimum atomic E-state index is 0.815. The van der Waals surface area contributed by atoms with Crippen LogP contribution < -0.4 is 5.32 Å². The van der Waals surface area contributed by atoms with E-state index in [2.05, 4.69) is 24.3 Å². The highest BCUT2D eigenvalue weighted by Crippen LogP contribution is 2.33. The number of nitrogens with zero attached hydrogens (tertiary/aromatic N) is 1. The molecule has 2 rings (SSSR count). The van der Waals surface area contributed by atoms with Crippen molar-refractivity contribution in [2.24, 2.45) is 11.8 Å². The van der Waals surface area contributed by atoms with Gasteiger partial charge in [0.25, 0.3) is 0 Å². The summed E-state index contributed by atoms with van der Waals surface area (Å²) in [6, 6.07) is 0.815. The van der Waals surface area contributed by atoms with E-state index in [-0.39, 0.29) is 0 Å². The number of hydrogen-bond donors (Lipinski definition) is 1. The van der Waals surface area contributed by atoms with E-state index in [0.29, 0.717) is 0 Å². The normalized spacial score (nSPS) is 43.0. The molecule has 2 unspecified atom stereocenters. The molecule has 2 fully saturated rings. The second kappa shape index (κ2) is 3.35. The molecule has 1 heterocycles. The van der Waals surface area contributed by atoms with E-state index < -0.39 is 0 Å². The fraction of sp³-hybridized carbons (Fsp3) is 1.00. The van der Waals surface area contributed by atoms with Crippen molar-refractivity contribution in [1.29, 1.82) is 0 Å². The van der Waals surface area contributed by atoms with Gasteiger partial charge >= 0.3 is 0 Å². The average Bonchev–Trinajstić information content (AvgIpc) is 2.02. The van der Waals surface area contributed by atoms with Crippen molar-refractivity contribution < 1.29 is 0 Å². The Bertz CT molecular complexity index is 144. The molecule has 1 saturated heterocycles. The van der Waals surface area contributed by atoms with Crippen molar-refractivity contribution in [2.75, 3.05) is 27.2 Å². The maximum atomic E-state index is 3.50. The lowest BCUT2D eigenvalue weighted by Gasteiger charge is -2.46. The van der Waals surface area contributed by atoms with Gasteiger partial charge in [0, 0.05) is 19.1 Å². The SMILES string of the molecule is CNC1C2CCCC1CN(C)C2. The summed E-state index contributed by atoms with van der Waals surface area (Å²) in [7, 11) is 4.39. The zero-order chi connectivity index (χ0) is 8.55. The summed E-state index contributed by atoms with van der Waals surface area (Å²) in [5, 5.41) is 3.50. The Morgan fingerprint density at radius 2 is 1.75 bits per heavy atom. The lowest BCUT2D eigenvalue weighted by atomic mass is 9.74. The highest BCUT2D eigenvalue weighted by atomic mass is 15.1. The highest BCUT2D eigenvalue weighted by molar-refractivity contribution is 4.93. The molecule has 1 saturated carbocycles. The fourth-order valence-corrected chi connectivity index (χ4v) is 3.14. The fourth-order valence-electron chi connectivity index (χ4n) is 3.14. The third kappa shape index (κ3) is 1.38. The van der Waals surface area contributed by atoms with Gasteiger partial charge in [0.2, 0.25) is 0 Å². The van der Waals surface area contributed by atoms with Gasteiger partial charge in [-0.1, -0.05) is 6.42 Å². The molecule has 1 N–H and O–H groups in total. The largest absolute Gasteiger partial charge is 0.316 e. The van der Waals surface area contributed by atoms with Gasteiger partial charge in [-0.25, -0.2) is 0 Å². The predicted octanol–water partition coefficient (Wildman–Crippen LogP) is 0.936. The number of likely N-dealkylation sites (tertiary alicyclic amines) is 1. The molecule has 2 heteroatoms. The van der Waals surface area contributed by atoms with Crippen LogP contribution in [0.1, 0.15) is 19.3 Å². The molecule has 0 aromatic heterocycles. The standard InChI is InChI=1S/C10H20N2/c1-11-10-8-4-3-5-9(10)7-12(2)6-8/h8-11H,3-7H2,1-2H3. The maximum absolute atomic E-state index is 3.50. The topological polar surface area (TPSA) is 15.3 Å². The summed E-state index contributed by atoms with van der Waals surface area (Å²) < 4.78 is 0. The molecular weight excluding hydrogens is 148 g/mol. The zero-order valence-corrected chi connectivity index (χ0v) is 8.21. The number of piperidine rings is 1. The molecular formula is C10H20N2. The van der Waals surface area contributed by atoms with Gasteiger partial charge in [-0.2, -0.15) is 0 Å². The van der Waals surface area contributed by atoms with Gasteiger partial charge < -0.3 is 10.2 Å². The van der Waals surface area contributed by atoms with E-state index in [9.17, 15) is 0 Å². The molecule has 2 aliphatic rings. The van der Waals surface area contributed by atoms with Crippen LogP contribution in [0.5, 0.6) is 0 Å². The van der Waals surface area contributed by atoms with E-state index in [1.807, 2.05) is 0 Å². The van der Waals surface area contributed by atoms with E-state index in [4.69, 9.17) is 0 Å². The molecule has 0 radical (unpaired) electrons. The number of nitrogens with one attached hydrogen (secondary N) is 1. The average molecular weight is 168 g/mol. The first-order valence-electron chi connectivity index (χ1n) is 5.17. The van der Waals surface area contributed by atoms with E-state index >= 15 is 0 Å². The van der Waals surface area contributed by atoms with Crippen molar-refractivity contribution in [3.8, 4) is 0 Å². The number of hydrogen-bond acceptors (Lipinski definition) is 2. The second-order valence-corrected chi connectivity index (χ2v) is 4.49. The zero-order valence-electron chi connectivity index (χ0n) is 8.21. The maximum Gasteiger partial charge on any atom is 0.0145 e. The third-order valence-corrected chi connectivity index (χ3v) is 3.59. The molecule has 12 heavy (non-hydrogen) atoms. The molecule has 2 atom stereocenters. The molecule has 0 aromatic carbocycles. The van der Waals surface area contributed by atoms with Crippen molar-refractivity contribution in [2.45, 2.75) is 25.3 Å². The molecule has 2 bridgehead atoms. The molecule has 2 nitrogen and oxygen atoms in total. The monoisotopic (exact) mass is 168 g/mol.